The normalized spacial score (nSPS) is 28.1. The number of ether oxygens (including phenoxy) is 2. The molecule has 0 saturated heterocycles. The molecule has 0 aliphatic heterocycles. The van der Waals surface area contributed by atoms with Crippen LogP contribution in [0.3, 0.4) is 0 Å². The number of methoxy groups -OCH3 is 1. The first-order valence-electron chi connectivity index (χ1n) is 9.39. The molecule has 0 unspecified atom stereocenters. The number of hydrogen-bond acceptors (Lipinski definition) is 5. The summed E-state index contributed by atoms with van der Waals surface area (Å²) in [6.45, 7) is 16.9. The Morgan fingerprint density at radius 3 is 2.23 bits per heavy atom. The maximum Gasteiger partial charge on any atom is 0.337 e. The molecule has 1 saturated carbocycles. The van der Waals surface area contributed by atoms with E-state index in [1.807, 2.05) is 0 Å². The fourth-order valence-electron chi connectivity index (χ4n) is 4.13. The SMILES string of the molecule is COC(=O)C1=C(OC(C)=O)C[C@@H]2CC(C)(C)[C@@H](O[Si](C)(C)C(C)(C)C)[C@H]12. The number of allylic oxidation sites excluding steroid dienone is 1. The highest BCUT2D eigenvalue weighted by atomic mass is 28.4. The van der Waals surface area contributed by atoms with Gasteiger partial charge in [-0.05, 0) is 35.9 Å². The second kappa shape index (κ2) is 6.79. The summed E-state index contributed by atoms with van der Waals surface area (Å²) in [5.41, 5.74) is 0.452. The number of esters is 2. The molecule has 0 heterocycles. The van der Waals surface area contributed by atoms with E-state index < -0.39 is 20.3 Å². The lowest BCUT2D eigenvalue weighted by molar-refractivity contribution is -0.138. The minimum atomic E-state index is -2.03. The zero-order valence-electron chi connectivity index (χ0n) is 17.7. The summed E-state index contributed by atoms with van der Waals surface area (Å²) in [5.74, 6) is -0.180. The van der Waals surface area contributed by atoms with Gasteiger partial charge in [0.05, 0.1) is 18.8 Å². The highest BCUT2D eigenvalue weighted by Gasteiger charge is 2.58. The van der Waals surface area contributed by atoms with Crippen LogP contribution in [0.1, 0.15) is 54.4 Å². The summed E-state index contributed by atoms with van der Waals surface area (Å²) in [4.78, 5) is 24.1. The highest BCUT2D eigenvalue weighted by Crippen LogP contribution is 2.58. The van der Waals surface area contributed by atoms with Gasteiger partial charge >= 0.3 is 11.9 Å². The first-order valence-corrected chi connectivity index (χ1v) is 12.3. The Hall–Kier alpha value is -1.14. The van der Waals surface area contributed by atoms with Crippen LogP contribution in [0.2, 0.25) is 18.1 Å². The Morgan fingerprint density at radius 1 is 1.19 bits per heavy atom. The first kappa shape index (κ1) is 21.2. The Labute approximate surface area is 158 Å². The Bertz CT molecular complexity index is 627. The molecular formula is C20H34O5Si. The molecule has 26 heavy (non-hydrogen) atoms. The number of carbonyl (C=O) groups excluding carboxylic acids is 2. The number of fused-ring (bicyclic) bond motifs is 1. The van der Waals surface area contributed by atoms with E-state index >= 15 is 0 Å². The van der Waals surface area contributed by atoms with Gasteiger partial charge in [0.2, 0.25) is 0 Å². The second-order valence-corrected chi connectivity index (χ2v) is 14.7. The van der Waals surface area contributed by atoms with E-state index in [1.54, 1.807) is 0 Å². The number of carbonyl (C=O) groups is 2. The third kappa shape index (κ3) is 3.76. The molecule has 0 aromatic heterocycles. The third-order valence-corrected chi connectivity index (χ3v) is 10.8. The van der Waals surface area contributed by atoms with E-state index in [9.17, 15) is 9.59 Å². The molecule has 2 rings (SSSR count). The summed E-state index contributed by atoms with van der Waals surface area (Å²) in [5, 5.41) is 0.0770. The first-order chi connectivity index (χ1) is 11.7. The zero-order chi connectivity index (χ0) is 20.1. The van der Waals surface area contributed by atoms with E-state index in [2.05, 4.69) is 47.7 Å². The molecule has 0 aromatic rings. The lowest BCUT2D eigenvalue weighted by Crippen LogP contribution is -2.48. The summed E-state index contributed by atoms with van der Waals surface area (Å²) < 4.78 is 17.3. The van der Waals surface area contributed by atoms with Crippen LogP contribution in [-0.4, -0.2) is 33.5 Å². The molecule has 2 aliphatic rings. The van der Waals surface area contributed by atoms with Gasteiger partial charge in [0, 0.05) is 19.3 Å². The predicted molar refractivity (Wildman–Crippen MR) is 103 cm³/mol. The van der Waals surface area contributed by atoms with Crippen molar-refractivity contribution < 1.29 is 23.5 Å². The minimum absolute atomic E-state index is 0.0497. The van der Waals surface area contributed by atoms with E-state index in [4.69, 9.17) is 13.9 Å². The molecule has 0 spiro atoms. The molecular weight excluding hydrogens is 348 g/mol. The van der Waals surface area contributed by atoms with Crippen LogP contribution < -0.4 is 0 Å². The summed E-state index contributed by atoms with van der Waals surface area (Å²) in [6, 6.07) is 0. The minimum Gasteiger partial charge on any atom is -0.466 e. The monoisotopic (exact) mass is 382 g/mol. The maximum absolute atomic E-state index is 12.6. The van der Waals surface area contributed by atoms with Crippen molar-refractivity contribution in [2.45, 2.75) is 78.6 Å². The molecule has 148 valence electrons. The van der Waals surface area contributed by atoms with Gasteiger partial charge in [0.15, 0.2) is 8.32 Å². The van der Waals surface area contributed by atoms with Gasteiger partial charge in [-0.25, -0.2) is 4.79 Å². The van der Waals surface area contributed by atoms with Crippen LogP contribution in [0.4, 0.5) is 0 Å². The standard InChI is InChI=1S/C20H34O5Si/c1-12(21)24-14-10-13-11-20(5,6)17(15(13)16(14)18(22)23-7)25-26(8,9)19(2,3)4/h13,15,17H,10-11H2,1-9H3/t13-,15+,17+/m1/s1. The van der Waals surface area contributed by atoms with Gasteiger partial charge in [-0.1, -0.05) is 34.6 Å². The predicted octanol–water partition coefficient (Wildman–Crippen LogP) is 4.43. The fraction of sp³-hybridized carbons (Fsp3) is 0.800. The number of rotatable bonds is 4. The van der Waals surface area contributed by atoms with Crippen LogP contribution in [0, 0.1) is 17.3 Å². The van der Waals surface area contributed by atoms with Crippen molar-refractivity contribution in [1.82, 2.24) is 0 Å². The second-order valence-electron chi connectivity index (χ2n) is 9.90. The summed E-state index contributed by atoms with van der Waals surface area (Å²) in [6.07, 6.45) is 1.44. The van der Waals surface area contributed by atoms with E-state index in [0.29, 0.717) is 17.8 Å². The van der Waals surface area contributed by atoms with Crippen LogP contribution in [0.5, 0.6) is 0 Å². The van der Waals surface area contributed by atoms with Crippen molar-refractivity contribution >= 4 is 20.3 Å². The highest BCUT2D eigenvalue weighted by molar-refractivity contribution is 6.74. The maximum atomic E-state index is 12.6. The van der Waals surface area contributed by atoms with Crippen molar-refractivity contribution in [1.29, 1.82) is 0 Å². The van der Waals surface area contributed by atoms with Crippen LogP contribution in [-0.2, 0) is 23.5 Å². The van der Waals surface area contributed by atoms with Crippen LogP contribution in [0.15, 0.2) is 11.3 Å². The Balaban J connectivity index is 2.46. The van der Waals surface area contributed by atoms with Gasteiger partial charge < -0.3 is 13.9 Å². The molecule has 3 atom stereocenters. The molecule has 0 amide bonds. The largest absolute Gasteiger partial charge is 0.466 e. The van der Waals surface area contributed by atoms with Gasteiger partial charge in [-0.2, -0.15) is 0 Å². The zero-order valence-corrected chi connectivity index (χ0v) is 18.7. The quantitative estimate of drug-likeness (QED) is 0.531. The van der Waals surface area contributed by atoms with Crippen molar-refractivity contribution in [3.05, 3.63) is 11.3 Å². The van der Waals surface area contributed by atoms with Crippen molar-refractivity contribution in [2.24, 2.45) is 17.3 Å². The van der Waals surface area contributed by atoms with Gasteiger partial charge in [-0.3, -0.25) is 4.79 Å². The number of hydrogen-bond donors (Lipinski definition) is 0. The molecule has 0 bridgehead atoms. The smallest absolute Gasteiger partial charge is 0.337 e. The van der Waals surface area contributed by atoms with Crippen molar-refractivity contribution in [3.63, 3.8) is 0 Å². The fourth-order valence-corrected chi connectivity index (χ4v) is 5.58. The molecule has 0 aromatic carbocycles. The Morgan fingerprint density at radius 2 is 1.77 bits per heavy atom. The molecule has 0 N–H and O–H groups in total. The third-order valence-electron chi connectivity index (χ3n) is 6.37. The lowest BCUT2D eigenvalue weighted by Gasteiger charge is -2.43. The average molecular weight is 383 g/mol. The molecule has 2 aliphatic carbocycles. The van der Waals surface area contributed by atoms with E-state index in [1.165, 1.54) is 14.0 Å². The average Bonchev–Trinajstić information content (AvgIpc) is 2.89. The van der Waals surface area contributed by atoms with Crippen LogP contribution in [0.25, 0.3) is 0 Å². The molecule has 5 nitrogen and oxygen atoms in total. The topological polar surface area (TPSA) is 61.8 Å². The lowest BCUT2D eigenvalue weighted by atomic mass is 9.85. The molecule has 0 radical (unpaired) electrons. The van der Waals surface area contributed by atoms with Crippen LogP contribution >= 0.6 is 0 Å². The van der Waals surface area contributed by atoms with Crippen molar-refractivity contribution in [2.75, 3.05) is 7.11 Å². The summed E-state index contributed by atoms with van der Waals surface area (Å²) >= 11 is 0. The summed E-state index contributed by atoms with van der Waals surface area (Å²) in [7, 11) is -0.657. The van der Waals surface area contributed by atoms with E-state index in [-0.39, 0.29) is 28.4 Å². The van der Waals surface area contributed by atoms with E-state index in [0.717, 1.165) is 6.42 Å². The molecule has 1 fully saturated rings. The van der Waals surface area contributed by atoms with Crippen molar-refractivity contribution in [3.8, 4) is 0 Å². The van der Waals surface area contributed by atoms with Gasteiger partial charge in [0.25, 0.3) is 0 Å². The van der Waals surface area contributed by atoms with Gasteiger partial charge in [-0.15, -0.1) is 0 Å². The molecule has 6 heteroatoms. The Kier molecular flexibility index (Phi) is 5.52. The van der Waals surface area contributed by atoms with Gasteiger partial charge in [0.1, 0.15) is 5.76 Å².